The quantitative estimate of drug-likeness (QED) is 0.787. The van der Waals surface area contributed by atoms with Gasteiger partial charge in [0.15, 0.2) is 0 Å². The van der Waals surface area contributed by atoms with Gasteiger partial charge in [-0.3, -0.25) is 9.98 Å². The normalized spacial score (nSPS) is 18.1. The van der Waals surface area contributed by atoms with Crippen LogP contribution < -0.4 is 5.32 Å². The molecule has 1 aromatic rings. The fourth-order valence-electron chi connectivity index (χ4n) is 2.15. The summed E-state index contributed by atoms with van der Waals surface area (Å²) in [6, 6.07) is 8.44. The standard InChI is InChI=1S/C14H19N3/c1-10-5-4-6-11(7-10)13(15-2)14(16-3)12-8-17-9-12/h4-7,12,17H,8-9H2,1-3H3. The van der Waals surface area contributed by atoms with Crippen molar-refractivity contribution in [2.45, 2.75) is 6.92 Å². The van der Waals surface area contributed by atoms with Crippen LogP contribution in [0, 0.1) is 12.8 Å². The van der Waals surface area contributed by atoms with Crippen LogP contribution in [0.4, 0.5) is 0 Å². The first kappa shape index (κ1) is 12.0. The van der Waals surface area contributed by atoms with Crippen LogP contribution >= 0.6 is 0 Å². The average molecular weight is 229 g/mol. The van der Waals surface area contributed by atoms with E-state index in [-0.39, 0.29) is 0 Å². The van der Waals surface area contributed by atoms with Gasteiger partial charge >= 0.3 is 0 Å². The minimum Gasteiger partial charge on any atom is -0.315 e. The van der Waals surface area contributed by atoms with Gasteiger partial charge in [-0.2, -0.15) is 0 Å². The lowest BCUT2D eigenvalue weighted by molar-refractivity contribution is 0.446. The lowest BCUT2D eigenvalue weighted by atomic mass is 9.90. The number of nitrogens with zero attached hydrogens (tertiary/aromatic N) is 2. The van der Waals surface area contributed by atoms with E-state index in [0.717, 1.165) is 24.5 Å². The Kier molecular flexibility index (Phi) is 3.69. The summed E-state index contributed by atoms with van der Waals surface area (Å²) in [5.74, 6) is 0.513. The number of aryl methyl sites for hydroxylation is 1. The van der Waals surface area contributed by atoms with Gasteiger partial charge in [0.05, 0.1) is 11.4 Å². The summed E-state index contributed by atoms with van der Waals surface area (Å²) in [4.78, 5) is 8.86. The van der Waals surface area contributed by atoms with Crippen LogP contribution in [0.15, 0.2) is 34.3 Å². The highest BCUT2D eigenvalue weighted by Crippen LogP contribution is 2.14. The molecule has 0 amide bonds. The Morgan fingerprint density at radius 2 is 2.00 bits per heavy atom. The van der Waals surface area contributed by atoms with Crippen molar-refractivity contribution in [2.75, 3.05) is 27.2 Å². The molecule has 0 aliphatic carbocycles. The lowest BCUT2D eigenvalue weighted by Crippen LogP contribution is -2.49. The maximum Gasteiger partial charge on any atom is 0.0857 e. The summed E-state index contributed by atoms with van der Waals surface area (Å²) >= 11 is 0. The van der Waals surface area contributed by atoms with E-state index in [1.54, 1.807) is 0 Å². The zero-order valence-electron chi connectivity index (χ0n) is 10.7. The number of nitrogens with one attached hydrogen (secondary N) is 1. The molecule has 0 radical (unpaired) electrons. The third kappa shape index (κ3) is 2.44. The predicted octanol–water partition coefficient (Wildman–Crippen LogP) is 1.70. The van der Waals surface area contributed by atoms with Crippen molar-refractivity contribution in [3.8, 4) is 0 Å². The van der Waals surface area contributed by atoms with Crippen LogP contribution in [0.3, 0.4) is 0 Å². The van der Waals surface area contributed by atoms with Crippen molar-refractivity contribution in [1.29, 1.82) is 0 Å². The lowest BCUT2D eigenvalue weighted by Gasteiger charge is -2.29. The van der Waals surface area contributed by atoms with E-state index in [1.165, 1.54) is 11.1 Å². The Morgan fingerprint density at radius 1 is 1.24 bits per heavy atom. The minimum atomic E-state index is 0.513. The second kappa shape index (κ2) is 5.23. The van der Waals surface area contributed by atoms with Crippen molar-refractivity contribution in [2.24, 2.45) is 15.9 Å². The van der Waals surface area contributed by atoms with Crippen molar-refractivity contribution in [1.82, 2.24) is 5.32 Å². The zero-order chi connectivity index (χ0) is 12.3. The largest absolute Gasteiger partial charge is 0.315 e. The number of aliphatic imine (C=N–C) groups is 2. The van der Waals surface area contributed by atoms with Gasteiger partial charge in [-0.15, -0.1) is 0 Å². The SMILES string of the molecule is CN=C(C(=NC)C1CNC1)c1cccc(C)c1. The topological polar surface area (TPSA) is 36.8 Å². The van der Waals surface area contributed by atoms with Crippen molar-refractivity contribution >= 4 is 11.4 Å². The zero-order valence-corrected chi connectivity index (χ0v) is 10.7. The van der Waals surface area contributed by atoms with Crippen LogP contribution in [-0.2, 0) is 0 Å². The smallest absolute Gasteiger partial charge is 0.0857 e. The summed E-state index contributed by atoms with van der Waals surface area (Å²) in [6.07, 6.45) is 0. The first-order valence-corrected chi connectivity index (χ1v) is 5.98. The van der Waals surface area contributed by atoms with Crippen LogP contribution in [0.25, 0.3) is 0 Å². The molecule has 3 heteroatoms. The fraction of sp³-hybridized carbons (Fsp3) is 0.429. The highest BCUT2D eigenvalue weighted by molar-refractivity contribution is 6.49. The summed E-state index contributed by atoms with van der Waals surface area (Å²) in [5, 5.41) is 3.28. The van der Waals surface area contributed by atoms with Gasteiger partial charge in [-0.1, -0.05) is 23.8 Å². The van der Waals surface area contributed by atoms with Gasteiger partial charge in [0.25, 0.3) is 0 Å². The molecule has 3 nitrogen and oxygen atoms in total. The number of benzene rings is 1. The Hall–Kier alpha value is -1.48. The van der Waals surface area contributed by atoms with E-state index >= 15 is 0 Å². The van der Waals surface area contributed by atoms with Gasteiger partial charge in [-0.25, -0.2) is 0 Å². The minimum absolute atomic E-state index is 0.513. The van der Waals surface area contributed by atoms with Crippen molar-refractivity contribution in [3.63, 3.8) is 0 Å². The molecule has 1 fully saturated rings. The number of hydrogen-bond donors (Lipinski definition) is 1. The highest BCUT2D eigenvalue weighted by atomic mass is 15.0. The van der Waals surface area contributed by atoms with E-state index in [2.05, 4.69) is 46.5 Å². The molecule has 0 spiro atoms. The monoisotopic (exact) mass is 229 g/mol. The maximum absolute atomic E-state index is 4.43. The number of rotatable bonds is 3. The van der Waals surface area contributed by atoms with Crippen molar-refractivity contribution < 1.29 is 0 Å². The van der Waals surface area contributed by atoms with Gasteiger partial charge in [0.1, 0.15) is 0 Å². The molecule has 1 N–H and O–H groups in total. The van der Waals surface area contributed by atoms with Crippen molar-refractivity contribution in [3.05, 3.63) is 35.4 Å². The molecule has 0 bridgehead atoms. The molecule has 1 aromatic carbocycles. The Balaban J connectivity index is 2.33. The molecule has 17 heavy (non-hydrogen) atoms. The fourth-order valence-corrected chi connectivity index (χ4v) is 2.15. The molecule has 2 rings (SSSR count). The molecule has 90 valence electrons. The maximum atomic E-state index is 4.43. The van der Waals surface area contributed by atoms with E-state index in [4.69, 9.17) is 0 Å². The molecule has 0 aromatic heterocycles. The second-order valence-corrected chi connectivity index (χ2v) is 4.41. The Labute approximate surface area is 103 Å². The molecule has 0 saturated carbocycles. The summed E-state index contributed by atoms with van der Waals surface area (Å²) < 4.78 is 0. The molecule has 1 aliphatic heterocycles. The van der Waals surface area contributed by atoms with Crippen LogP contribution in [0.1, 0.15) is 11.1 Å². The molecular weight excluding hydrogens is 210 g/mol. The third-order valence-electron chi connectivity index (χ3n) is 3.17. The predicted molar refractivity (Wildman–Crippen MR) is 73.4 cm³/mol. The number of hydrogen-bond acceptors (Lipinski definition) is 3. The third-order valence-corrected chi connectivity index (χ3v) is 3.17. The summed E-state index contributed by atoms with van der Waals surface area (Å²) in [6.45, 7) is 4.12. The van der Waals surface area contributed by atoms with Crippen LogP contribution in [0.5, 0.6) is 0 Å². The molecule has 0 atom stereocenters. The molecule has 0 unspecified atom stereocenters. The van der Waals surface area contributed by atoms with Crippen LogP contribution in [0.2, 0.25) is 0 Å². The van der Waals surface area contributed by atoms with Gasteiger partial charge < -0.3 is 5.32 Å². The summed E-state index contributed by atoms with van der Waals surface area (Å²) in [7, 11) is 3.70. The van der Waals surface area contributed by atoms with E-state index in [0.29, 0.717) is 5.92 Å². The van der Waals surface area contributed by atoms with E-state index in [1.807, 2.05) is 14.1 Å². The van der Waals surface area contributed by atoms with Gasteiger partial charge in [0.2, 0.25) is 0 Å². The molecule has 1 aliphatic rings. The molecular formula is C14H19N3. The Bertz CT molecular complexity index is 456. The first-order chi connectivity index (χ1) is 8.26. The van der Waals surface area contributed by atoms with E-state index in [9.17, 15) is 0 Å². The Morgan fingerprint density at radius 3 is 2.47 bits per heavy atom. The molecule has 1 heterocycles. The van der Waals surface area contributed by atoms with E-state index < -0.39 is 0 Å². The summed E-state index contributed by atoms with van der Waals surface area (Å²) in [5.41, 5.74) is 4.57. The van der Waals surface area contributed by atoms with Crippen LogP contribution in [-0.4, -0.2) is 38.6 Å². The highest BCUT2D eigenvalue weighted by Gasteiger charge is 2.26. The van der Waals surface area contributed by atoms with Gasteiger partial charge in [-0.05, 0) is 13.0 Å². The van der Waals surface area contributed by atoms with Gasteiger partial charge in [0, 0.05) is 38.7 Å². The first-order valence-electron chi connectivity index (χ1n) is 5.98. The molecule has 1 saturated heterocycles. The second-order valence-electron chi connectivity index (χ2n) is 4.41. The average Bonchev–Trinajstić information content (AvgIpc) is 2.26.